The fraction of sp³-hybridized carbons (Fsp3) is 0.214. The van der Waals surface area contributed by atoms with Crippen LogP contribution in [-0.4, -0.2) is 11.4 Å². The Kier molecular flexibility index (Phi) is 2.04. The maximum absolute atomic E-state index is 11.7. The largest absolute Gasteiger partial charge is 0.357 e. The van der Waals surface area contributed by atoms with Gasteiger partial charge in [0.2, 0.25) is 0 Å². The highest BCUT2D eigenvalue weighted by Gasteiger charge is 2.50. The lowest BCUT2D eigenvalue weighted by atomic mass is 9.79. The summed E-state index contributed by atoms with van der Waals surface area (Å²) in [4.78, 5) is 11.7. The maximum atomic E-state index is 11.7. The molecule has 0 bridgehead atoms. The summed E-state index contributed by atoms with van der Waals surface area (Å²) in [5.41, 5.74) is 0.408. The van der Waals surface area contributed by atoms with Crippen molar-refractivity contribution in [3.63, 3.8) is 0 Å². The second kappa shape index (κ2) is 3.42. The van der Waals surface area contributed by atoms with Crippen LogP contribution in [0.25, 0.3) is 0 Å². The molecule has 2 nitrogen and oxygen atoms in total. The molecule has 1 aromatic carbocycles. The lowest BCUT2D eigenvalue weighted by molar-refractivity contribution is -0.138. The smallest absolute Gasteiger partial charge is 0.192 e. The summed E-state index contributed by atoms with van der Waals surface area (Å²) in [7, 11) is 0. The van der Waals surface area contributed by atoms with Crippen molar-refractivity contribution in [1.82, 2.24) is 0 Å². The number of rotatable bonds is 3. The number of carbonyl (C=O) groups is 1. The fourth-order valence-electron chi connectivity index (χ4n) is 2.15. The molecule has 0 spiro atoms. The Morgan fingerprint density at radius 1 is 1.19 bits per heavy atom. The molecular weight excluding hydrogens is 200 g/mol. The van der Waals surface area contributed by atoms with E-state index in [0.29, 0.717) is 6.61 Å². The van der Waals surface area contributed by atoms with Gasteiger partial charge in [-0.3, -0.25) is 4.79 Å². The summed E-state index contributed by atoms with van der Waals surface area (Å²) in [6.07, 6.45) is 7.40. The van der Waals surface area contributed by atoms with Crippen LogP contribution in [0.1, 0.15) is 5.56 Å². The van der Waals surface area contributed by atoms with Crippen LogP contribution in [-0.2, 0) is 16.1 Å². The van der Waals surface area contributed by atoms with Gasteiger partial charge < -0.3 is 4.74 Å². The van der Waals surface area contributed by atoms with Gasteiger partial charge in [0.25, 0.3) is 0 Å². The van der Waals surface area contributed by atoms with Crippen LogP contribution < -0.4 is 0 Å². The molecule has 1 aromatic rings. The van der Waals surface area contributed by atoms with Gasteiger partial charge in [-0.15, -0.1) is 0 Å². The summed E-state index contributed by atoms with van der Waals surface area (Å²) < 4.78 is 5.79. The molecule has 2 unspecified atom stereocenters. The number of benzene rings is 1. The molecule has 0 N–H and O–H groups in total. The highest BCUT2D eigenvalue weighted by atomic mass is 16.5. The Morgan fingerprint density at radius 2 is 2.00 bits per heavy atom. The first kappa shape index (κ1) is 9.55. The minimum absolute atomic E-state index is 0.0657. The quantitative estimate of drug-likeness (QED) is 0.718. The molecule has 0 heterocycles. The SMILES string of the molecule is O=C1C=CC2C=CC12OCc1ccccc1. The molecule has 0 aliphatic heterocycles. The second-order valence-electron chi connectivity index (χ2n) is 4.18. The lowest BCUT2D eigenvalue weighted by Gasteiger charge is -2.36. The third kappa shape index (κ3) is 1.27. The summed E-state index contributed by atoms with van der Waals surface area (Å²) in [5, 5.41) is 0. The van der Waals surface area contributed by atoms with Gasteiger partial charge in [0.15, 0.2) is 11.4 Å². The summed E-state index contributed by atoms with van der Waals surface area (Å²) in [5.74, 6) is 0.208. The highest BCUT2D eigenvalue weighted by molar-refractivity contribution is 6.03. The van der Waals surface area contributed by atoms with Crippen molar-refractivity contribution in [3.8, 4) is 0 Å². The van der Waals surface area contributed by atoms with Crippen LogP contribution >= 0.6 is 0 Å². The van der Waals surface area contributed by atoms with E-state index in [9.17, 15) is 4.79 Å². The van der Waals surface area contributed by atoms with Crippen molar-refractivity contribution in [2.24, 2.45) is 5.92 Å². The molecule has 2 heteroatoms. The van der Waals surface area contributed by atoms with Crippen LogP contribution in [0.2, 0.25) is 0 Å². The van der Waals surface area contributed by atoms with Crippen LogP contribution in [0.3, 0.4) is 0 Å². The minimum atomic E-state index is -0.685. The predicted octanol–water partition coefficient (Wildman–Crippen LogP) is 2.27. The standard InChI is InChI=1S/C14H12O2/c15-13-7-6-12-8-9-14(12,13)16-10-11-4-2-1-3-5-11/h1-9,12H,10H2. The molecule has 0 saturated heterocycles. The van der Waals surface area contributed by atoms with E-state index in [2.05, 4.69) is 0 Å². The molecule has 0 aromatic heterocycles. The van der Waals surface area contributed by atoms with Crippen LogP contribution in [0.5, 0.6) is 0 Å². The number of ketones is 1. The molecule has 0 saturated carbocycles. The monoisotopic (exact) mass is 212 g/mol. The predicted molar refractivity (Wildman–Crippen MR) is 60.7 cm³/mol. The van der Waals surface area contributed by atoms with Crippen molar-refractivity contribution < 1.29 is 9.53 Å². The van der Waals surface area contributed by atoms with E-state index in [1.54, 1.807) is 6.08 Å². The third-order valence-electron chi connectivity index (χ3n) is 3.21. The normalized spacial score (nSPS) is 30.2. The molecule has 2 aliphatic rings. The molecule has 0 radical (unpaired) electrons. The van der Waals surface area contributed by atoms with Gasteiger partial charge in [0.05, 0.1) is 6.61 Å². The molecule has 2 aliphatic carbocycles. The topological polar surface area (TPSA) is 26.3 Å². The molecular formula is C14H12O2. The van der Waals surface area contributed by atoms with Crippen LogP contribution in [0.4, 0.5) is 0 Å². The Morgan fingerprint density at radius 3 is 2.62 bits per heavy atom. The molecule has 2 atom stereocenters. The fourth-order valence-corrected chi connectivity index (χ4v) is 2.15. The van der Waals surface area contributed by atoms with Crippen LogP contribution in [0.15, 0.2) is 54.6 Å². The number of hydrogen-bond acceptors (Lipinski definition) is 2. The Bertz CT molecular complexity index is 473. The van der Waals surface area contributed by atoms with E-state index in [1.807, 2.05) is 48.6 Å². The van der Waals surface area contributed by atoms with Crippen molar-refractivity contribution >= 4 is 5.78 Å². The second-order valence-corrected chi connectivity index (χ2v) is 4.18. The van der Waals surface area contributed by atoms with Crippen molar-refractivity contribution in [2.45, 2.75) is 12.2 Å². The molecule has 0 amide bonds. The van der Waals surface area contributed by atoms with Gasteiger partial charge in [-0.05, 0) is 17.7 Å². The Balaban J connectivity index is 1.73. The first-order valence-corrected chi connectivity index (χ1v) is 5.41. The van der Waals surface area contributed by atoms with Gasteiger partial charge in [0.1, 0.15) is 0 Å². The Labute approximate surface area is 94.2 Å². The number of fused-ring (bicyclic) bond motifs is 1. The zero-order valence-corrected chi connectivity index (χ0v) is 8.80. The van der Waals surface area contributed by atoms with E-state index < -0.39 is 5.60 Å². The average Bonchev–Trinajstić information content (AvgIpc) is 2.49. The van der Waals surface area contributed by atoms with Crippen LogP contribution in [0, 0.1) is 5.92 Å². The van der Waals surface area contributed by atoms with Crippen molar-refractivity contribution in [2.75, 3.05) is 0 Å². The van der Waals surface area contributed by atoms with Gasteiger partial charge in [-0.2, -0.15) is 0 Å². The van der Waals surface area contributed by atoms with Gasteiger partial charge >= 0.3 is 0 Å². The van der Waals surface area contributed by atoms with Crippen molar-refractivity contribution in [1.29, 1.82) is 0 Å². The summed E-state index contributed by atoms with van der Waals surface area (Å²) in [6.45, 7) is 0.481. The Hall–Kier alpha value is -1.67. The number of ether oxygens (including phenoxy) is 1. The highest BCUT2D eigenvalue weighted by Crippen LogP contribution is 2.41. The van der Waals surface area contributed by atoms with E-state index in [1.165, 1.54) is 0 Å². The summed E-state index contributed by atoms with van der Waals surface area (Å²) >= 11 is 0. The maximum Gasteiger partial charge on any atom is 0.192 e. The summed E-state index contributed by atoms with van der Waals surface area (Å²) in [6, 6.07) is 9.91. The molecule has 80 valence electrons. The lowest BCUT2D eigenvalue weighted by Crippen LogP contribution is -2.46. The van der Waals surface area contributed by atoms with Gasteiger partial charge in [-0.25, -0.2) is 0 Å². The third-order valence-corrected chi connectivity index (χ3v) is 3.21. The van der Waals surface area contributed by atoms with E-state index in [4.69, 9.17) is 4.74 Å². The van der Waals surface area contributed by atoms with E-state index >= 15 is 0 Å². The first-order valence-electron chi connectivity index (χ1n) is 5.41. The van der Waals surface area contributed by atoms with Gasteiger partial charge in [-0.1, -0.05) is 42.5 Å². The molecule has 3 rings (SSSR count). The van der Waals surface area contributed by atoms with E-state index in [-0.39, 0.29) is 11.7 Å². The number of carbonyl (C=O) groups excluding carboxylic acids is 1. The zero-order chi connectivity index (χ0) is 11.0. The average molecular weight is 212 g/mol. The van der Waals surface area contributed by atoms with Gasteiger partial charge in [0, 0.05) is 5.92 Å². The minimum Gasteiger partial charge on any atom is -0.357 e. The van der Waals surface area contributed by atoms with E-state index in [0.717, 1.165) is 5.56 Å². The molecule has 0 fully saturated rings. The molecule has 16 heavy (non-hydrogen) atoms. The first-order chi connectivity index (χ1) is 7.81. The van der Waals surface area contributed by atoms with Crippen molar-refractivity contribution in [3.05, 3.63) is 60.2 Å². The number of hydrogen-bond donors (Lipinski definition) is 0. The zero-order valence-electron chi connectivity index (χ0n) is 8.80.